The number of rotatable bonds is 4. The number of methoxy groups -OCH3 is 1. The van der Waals surface area contributed by atoms with E-state index in [9.17, 15) is 4.79 Å². The van der Waals surface area contributed by atoms with Crippen molar-refractivity contribution in [2.45, 2.75) is 6.61 Å². The molecule has 2 N–H and O–H groups in total. The first kappa shape index (κ1) is 12.0. The molecule has 1 heterocycles. The van der Waals surface area contributed by atoms with E-state index in [1.807, 2.05) is 0 Å². The van der Waals surface area contributed by atoms with Crippen LogP contribution in [-0.2, 0) is 11.3 Å². The Balaban J connectivity index is 2.16. The van der Waals surface area contributed by atoms with Crippen LogP contribution in [0.2, 0.25) is 0 Å². The number of furan rings is 1. The first-order chi connectivity index (χ1) is 8.72. The van der Waals surface area contributed by atoms with Crippen LogP contribution in [0.1, 0.15) is 16.1 Å². The van der Waals surface area contributed by atoms with Gasteiger partial charge in [0, 0.05) is 0 Å². The van der Waals surface area contributed by atoms with Gasteiger partial charge in [0.15, 0.2) is 0 Å². The van der Waals surface area contributed by atoms with Crippen LogP contribution in [0.3, 0.4) is 0 Å². The lowest BCUT2D eigenvalue weighted by atomic mass is 10.1. The van der Waals surface area contributed by atoms with Gasteiger partial charge < -0.3 is 19.6 Å². The first-order valence-electron chi connectivity index (χ1n) is 5.34. The maximum atomic E-state index is 11.4. The predicted molar refractivity (Wildman–Crippen MR) is 65.2 cm³/mol. The van der Waals surface area contributed by atoms with E-state index in [-0.39, 0.29) is 17.9 Å². The van der Waals surface area contributed by atoms with Gasteiger partial charge >= 0.3 is 5.97 Å². The van der Waals surface area contributed by atoms with Crippen molar-refractivity contribution in [3.63, 3.8) is 0 Å². The molecule has 0 saturated heterocycles. The van der Waals surface area contributed by atoms with Crippen LogP contribution in [-0.4, -0.2) is 13.1 Å². The molecule has 5 nitrogen and oxygen atoms in total. The van der Waals surface area contributed by atoms with Crippen molar-refractivity contribution in [2.75, 3.05) is 12.8 Å². The molecule has 0 bridgehead atoms. The molecule has 0 aliphatic heterocycles. The summed E-state index contributed by atoms with van der Waals surface area (Å²) in [6.45, 7) is 0.252. The molecule has 0 unspecified atom stereocenters. The summed E-state index contributed by atoms with van der Waals surface area (Å²) in [6, 6.07) is 8.51. The van der Waals surface area contributed by atoms with E-state index < -0.39 is 5.97 Å². The van der Waals surface area contributed by atoms with Gasteiger partial charge in [0.05, 0.1) is 24.6 Å². The Kier molecular flexibility index (Phi) is 3.52. The number of hydrogen-bond donors (Lipinski definition) is 1. The van der Waals surface area contributed by atoms with E-state index >= 15 is 0 Å². The second kappa shape index (κ2) is 5.27. The van der Waals surface area contributed by atoms with Crippen molar-refractivity contribution in [1.29, 1.82) is 0 Å². The maximum absolute atomic E-state index is 11.4. The largest absolute Gasteiger partial charge is 0.483 e. The number of para-hydroxylation sites is 1. The molecule has 0 atom stereocenters. The summed E-state index contributed by atoms with van der Waals surface area (Å²) in [7, 11) is 1.30. The maximum Gasteiger partial charge on any atom is 0.340 e. The third kappa shape index (κ3) is 2.45. The molecule has 2 rings (SSSR count). The predicted octanol–water partition coefficient (Wildman–Crippen LogP) is 2.23. The molecular formula is C13H13NO4. The molecule has 0 aliphatic rings. The molecule has 94 valence electrons. The van der Waals surface area contributed by atoms with E-state index in [0.717, 1.165) is 0 Å². The molecular weight excluding hydrogens is 234 g/mol. The smallest absolute Gasteiger partial charge is 0.340 e. The zero-order valence-corrected chi connectivity index (χ0v) is 9.88. The number of benzene rings is 1. The fraction of sp³-hybridized carbons (Fsp3) is 0.154. The minimum Gasteiger partial charge on any atom is -0.483 e. The van der Waals surface area contributed by atoms with Gasteiger partial charge in [0.1, 0.15) is 18.1 Å². The molecule has 1 aromatic carbocycles. The van der Waals surface area contributed by atoms with E-state index in [2.05, 4.69) is 4.74 Å². The van der Waals surface area contributed by atoms with E-state index in [1.54, 1.807) is 36.6 Å². The number of ether oxygens (including phenoxy) is 2. The van der Waals surface area contributed by atoms with Crippen molar-refractivity contribution in [1.82, 2.24) is 0 Å². The molecule has 1 aromatic heterocycles. The average Bonchev–Trinajstić information content (AvgIpc) is 2.90. The van der Waals surface area contributed by atoms with Crippen molar-refractivity contribution in [3.8, 4) is 5.75 Å². The molecule has 0 radical (unpaired) electrons. The Morgan fingerprint density at radius 3 is 2.83 bits per heavy atom. The summed E-state index contributed by atoms with van der Waals surface area (Å²) < 4.78 is 15.3. The monoisotopic (exact) mass is 247 g/mol. The number of carbonyl (C=O) groups is 1. The molecule has 5 heteroatoms. The fourth-order valence-electron chi connectivity index (χ4n) is 1.50. The third-order valence-electron chi connectivity index (χ3n) is 2.42. The number of hydrogen-bond acceptors (Lipinski definition) is 5. The summed E-state index contributed by atoms with van der Waals surface area (Å²) >= 11 is 0. The summed E-state index contributed by atoms with van der Waals surface area (Å²) in [4.78, 5) is 11.4. The quantitative estimate of drug-likeness (QED) is 0.662. The van der Waals surface area contributed by atoms with Crippen LogP contribution in [0.4, 0.5) is 5.69 Å². The van der Waals surface area contributed by atoms with Crippen LogP contribution < -0.4 is 10.5 Å². The van der Waals surface area contributed by atoms with E-state index in [4.69, 9.17) is 14.9 Å². The Labute approximate surface area is 104 Å². The Hall–Kier alpha value is -2.43. The van der Waals surface area contributed by atoms with Crippen molar-refractivity contribution in [2.24, 2.45) is 0 Å². The van der Waals surface area contributed by atoms with Gasteiger partial charge in [0.25, 0.3) is 0 Å². The second-order valence-electron chi connectivity index (χ2n) is 3.58. The lowest BCUT2D eigenvalue weighted by molar-refractivity contribution is 0.0601. The highest BCUT2D eigenvalue weighted by Gasteiger charge is 2.13. The highest BCUT2D eigenvalue weighted by molar-refractivity contribution is 5.96. The van der Waals surface area contributed by atoms with Gasteiger partial charge in [0.2, 0.25) is 0 Å². The Morgan fingerprint density at radius 1 is 1.33 bits per heavy atom. The molecule has 0 amide bonds. The van der Waals surface area contributed by atoms with Crippen molar-refractivity contribution in [3.05, 3.63) is 47.9 Å². The molecule has 0 fully saturated rings. The van der Waals surface area contributed by atoms with Crippen LogP contribution >= 0.6 is 0 Å². The van der Waals surface area contributed by atoms with Crippen LogP contribution in [0.15, 0.2) is 41.0 Å². The van der Waals surface area contributed by atoms with Gasteiger partial charge in [-0.15, -0.1) is 0 Å². The zero-order chi connectivity index (χ0) is 13.0. The van der Waals surface area contributed by atoms with Gasteiger partial charge in [-0.3, -0.25) is 0 Å². The molecule has 0 spiro atoms. The normalized spacial score (nSPS) is 10.1. The number of nitrogens with two attached hydrogens (primary N) is 1. The summed E-state index contributed by atoms with van der Waals surface area (Å²) in [5.41, 5.74) is 6.39. The van der Waals surface area contributed by atoms with Crippen molar-refractivity contribution < 1.29 is 18.7 Å². The summed E-state index contributed by atoms with van der Waals surface area (Å²) in [6.07, 6.45) is 1.56. The fourth-order valence-corrected chi connectivity index (χ4v) is 1.50. The summed E-state index contributed by atoms with van der Waals surface area (Å²) in [5.74, 6) is 0.614. The van der Waals surface area contributed by atoms with Crippen LogP contribution in [0.25, 0.3) is 0 Å². The van der Waals surface area contributed by atoms with E-state index in [1.165, 1.54) is 7.11 Å². The minimum absolute atomic E-state index is 0.252. The molecule has 0 saturated carbocycles. The highest BCUT2D eigenvalue weighted by atomic mass is 16.5. The number of nitrogen functional groups attached to an aromatic ring is 1. The lowest BCUT2D eigenvalue weighted by Crippen LogP contribution is -2.07. The molecule has 2 aromatic rings. The number of anilines is 1. The zero-order valence-electron chi connectivity index (χ0n) is 9.88. The molecule has 18 heavy (non-hydrogen) atoms. The standard InChI is InChI=1S/C13H13NO4/c1-16-13(15)10-5-2-6-11(12(10)14)18-8-9-4-3-7-17-9/h2-7H,8,14H2,1H3. The average molecular weight is 247 g/mol. The molecule has 0 aliphatic carbocycles. The summed E-state index contributed by atoms with van der Waals surface area (Å²) in [5, 5.41) is 0. The number of esters is 1. The topological polar surface area (TPSA) is 74.7 Å². The van der Waals surface area contributed by atoms with E-state index in [0.29, 0.717) is 11.5 Å². The minimum atomic E-state index is -0.490. The second-order valence-corrected chi connectivity index (χ2v) is 3.58. The third-order valence-corrected chi connectivity index (χ3v) is 2.42. The number of carbonyl (C=O) groups excluding carboxylic acids is 1. The van der Waals surface area contributed by atoms with Gasteiger partial charge in [-0.2, -0.15) is 0 Å². The van der Waals surface area contributed by atoms with Gasteiger partial charge in [-0.25, -0.2) is 4.79 Å². The van der Waals surface area contributed by atoms with Gasteiger partial charge in [-0.05, 0) is 24.3 Å². The Morgan fingerprint density at radius 2 is 2.17 bits per heavy atom. The van der Waals surface area contributed by atoms with Crippen LogP contribution in [0, 0.1) is 0 Å². The highest BCUT2D eigenvalue weighted by Crippen LogP contribution is 2.26. The van der Waals surface area contributed by atoms with Crippen molar-refractivity contribution >= 4 is 11.7 Å². The SMILES string of the molecule is COC(=O)c1cccc(OCc2ccco2)c1N. The Bertz CT molecular complexity index is 534. The van der Waals surface area contributed by atoms with Gasteiger partial charge in [-0.1, -0.05) is 6.07 Å². The van der Waals surface area contributed by atoms with Crippen LogP contribution in [0.5, 0.6) is 5.75 Å². The first-order valence-corrected chi connectivity index (χ1v) is 5.34. The lowest BCUT2D eigenvalue weighted by Gasteiger charge is -2.10.